The monoisotopic (exact) mass is 331 g/mol. The highest BCUT2D eigenvalue weighted by Gasteiger charge is 2.59. The zero-order valence-corrected chi connectivity index (χ0v) is 13.2. The van der Waals surface area contributed by atoms with Crippen LogP contribution in [0.5, 0.6) is 0 Å². The van der Waals surface area contributed by atoms with Gasteiger partial charge < -0.3 is 19.9 Å². The number of hydrogen-bond donors (Lipinski definition) is 2. The molecule has 7 heteroatoms. The summed E-state index contributed by atoms with van der Waals surface area (Å²) in [5.74, 6) is -4.04. The van der Waals surface area contributed by atoms with Gasteiger partial charge in [0.05, 0.1) is 36.0 Å². The zero-order chi connectivity index (χ0) is 17.5. The van der Waals surface area contributed by atoms with Crippen molar-refractivity contribution in [2.24, 2.45) is 11.8 Å². The summed E-state index contributed by atoms with van der Waals surface area (Å²) >= 11 is 0. The molecule has 7 nitrogen and oxygen atoms in total. The van der Waals surface area contributed by atoms with E-state index >= 15 is 0 Å². The number of nitrogens with one attached hydrogen (secondary N) is 1. The maximum absolute atomic E-state index is 12.7. The van der Waals surface area contributed by atoms with Crippen LogP contribution in [-0.4, -0.2) is 41.8 Å². The first-order valence-electron chi connectivity index (χ1n) is 7.45. The number of esters is 1. The van der Waals surface area contributed by atoms with Gasteiger partial charge >= 0.3 is 11.9 Å². The van der Waals surface area contributed by atoms with E-state index in [1.54, 1.807) is 37.3 Å². The molecule has 0 aliphatic carbocycles. The van der Waals surface area contributed by atoms with Crippen molar-refractivity contribution in [1.29, 1.82) is 0 Å². The second-order valence-electron chi connectivity index (χ2n) is 5.99. The molecule has 2 aliphatic rings. The van der Waals surface area contributed by atoms with Crippen molar-refractivity contribution < 1.29 is 29.0 Å². The minimum Gasteiger partial charge on any atom is -0.481 e. The molecule has 126 valence electrons. The molecule has 0 aromatic heterocycles. The molecule has 0 spiro atoms. The third-order valence-electron chi connectivity index (χ3n) is 4.50. The van der Waals surface area contributed by atoms with E-state index in [1.165, 1.54) is 13.2 Å². The van der Waals surface area contributed by atoms with Crippen molar-refractivity contribution in [2.45, 2.75) is 18.6 Å². The Balaban J connectivity index is 1.89. The predicted molar refractivity (Wildman–Crippen MR) is 83.4 cm³/mol. The number of amides is 1. The van der Waals surface area contributed by atoms with E-state index in [-0.39, 0.29) is 11.3 Å². The molecule has 2 heterocycles. The van der Waals surface area contributed by atoms with E-state index in [0.717, 1.165) is 0 Å². The Morgan fingerprint density at radius 3 is 2.67 bits per heavy atom. The predicted octanol–water partition coefficient (Wildman–Crippen LogP) is 1.46. The van der Waals surface area contributed by atoms with Crippen LogP contribution in [-0.2, 0) is 19.1 Å². The molecule has 1 aromatic rings. The number of carbonyl (C=O) groups is 3. The highest BCUT2D eigenvalue weighted by atomic mass is 16.5. The third kappa shape index (κ3) is 2.46. The Bertz CT molecular complexity index is 742. The summed E-state index contributed by atoms with van der Waals surface area (Å²) in [5, 5.41) is 12.1. The second-order valence-corrected chi connectivity index (χ2v) is 5.99. The largest absolute Gasteiger partial charge is 0.481 e. The molecule has 2 N–H and O–H groups in total. The molecule has 0 radical (unpaired) electrons. The molecule has 24 heavy (non-hydrogen) atoms. The number of hydrogen-bond acceptors (Lipinski definition) is 5. The Kier molecular flexibility index (Phi) is 3.88. The van der Waals surface area contributed by atoms with Gasteiger partial charge in [0.2, 0.25) is 5.91 Å². The van der Waals surface area contributed by atoms with Gasteiger partial charge in [-0.05, 0) is 19.1 Å². The number of ether oxygens (including phenoxy) is 2. The topological polar surface area (TPSA) is 102 Å². The standard InChI is InChI=1S/C17H17NO6/c1-17-8-7-11(24-17)12(15(20)21)13(17)14(19)18-10-6-4-3-5-9(10)16(22)23-2/h3-8,11-13H,1-2H3,(H,18,19)(H,20,21). The minimum absolute atomic E-state index is 0.199. The van der Waals surface area contributed by atoms with Crippen LogP contribution in [0.15, 0.2) is 36.4 Å². The van der Waals surface area contributed by atoms with Gasteiger partial charge in [0, 0.05) is 0 Å². The summed E-state index contributed by atoms with van der Waals surface area (Å²) < 4.78 is 10.4. The first kappa shape index (κ1) is 16.2. The summed E-state index contributed by atoms with van der Waals surface area (Å²) in [5.41, 5.74) is -0.503. The lowest BCUT2D eigenvalue weighted by molar-refractivity contribution is -0.146. The van der Waals surface area contributed by atoms with E-state index in [2.05, 4.69) is 5.32 Å². The smallest absolute Gasteiger partial charge is 0.339 e. The second kappa shape index (κ2) is 5.76. The fourth-order valence-corrected chi connectivity index (χ4v) is 3.37. The van der Waals surface area contributed by atoms with Crippen molar-refractivity contribution in [3.63, 3.8) is 0 Å². The van der Waals surface area contributed by atoms with E-state index in [1.807, 2.05) is 0 Å². The minimum atomic E-state index is -1.09. The average Bonchev–Trinajstić information content (AvgIpc) is 3.07. The fraction of sp³-hybridized carbons (Fsp3) is 0.353. The van der Waals surface area contributed by atoms with Crippen molar-refractivity contribution >= 4 is 23.5 Å². The lowest BCUT2D eigenvalue weighted by Crippen LogP contribution is -2.44. The highest BCUT2D eigenvalue weighted by molar-refractivity contribution is 6.03. The maximum Gasteiger partial charge on any atom is 0.339 e. The molecular weight excluding hydrogens is 314 g/mol. The van der Waals surface area contributed by atoms with Crippen molar-refractivity contribution in [3.05, 3.63) is 42.0 Å². The number of anilines is 1. The quantitative estimate of drug-likeness (QED) is 0.640. The van der Waals surface area contributed by atoms with E-state index in [4.69, 9.17) is 9.47 Å². The number of benzene rings is 1. The Morgan fingerprint density at radius 2 is 2.00 bits per heavy atom. The molecule has 2 bridgehead atoms. The number of fused-ring (bicyclic) bond motifs is 2. The van der Waals surface area contributed by atoms with E-state index in [0.29, 0.717) is 0 Å². The summed E-state index contributed by atoms with van der Waals surface area (Å²) in [6, 6.07) is 6.39. The summed E-state index contributed by atoms with van der Waals surface area (Å²) in [6.45, 7) is 1.68. The van der Waals surface area contributed by atoms with E-state index in [9.17, 15) is 19.5 Å². The van der Waals surface area contributed by atoms with Crippen LogP contribution in [0.3, 0.4) is 0 Å². The van der Waals surface area contributed by atoms with Gasteiger partial charge in [-0.2, -0.15) is 0 Å². The van der Waals surface area contributed by atoms with E-state index < -0.39 is 41.4 Å². The summed E-state index contributed by atoms with van der Waals surface area (Å²) in [7, 11) is 1.25. The number of carbonyl (C=O) groups excluding carboxylic acids is 2. The molecule has 4 unspecified atom stereocenters. The molecule has 3 rings (SSSR count). The number of rotatable bonds is 4. The molecule has 1 saturated heterocycles. The molecule has 4 atom stereocenters. The van der Waals surface area contributed by atoms with Gasteiger partial charge in [-0.25, -0.2) is 4.79 Å². The molecule has 0 saturated carbocycles. The molecular formula is C17H17NO6. The number of carboxylic acids is 1. The van der Waals surface area contributed by atoms with Crippen LogP contribution in [0, 0.1) is 11.8 Å². The van der Waals surface area contributed by atoms with Gasteiger partial charge in [-0.3, -0.25) is 9.59 Å². The van der Waals surface area contributed by atoms with Gasteiger partial charge in [0.25, 0.3) is 0 Å². The third-order valence-corrected chi connectivity index (χ3v) is 4.50. The lowest BCUT2D eigenvalue weighted by Gasteiger charge is -2.28. The maximum atomic E-state index is 12.7. The van der Waals surface area contributed by atoms with Crippen LogP contribution in [0.1, 0.15) is 17.3 Å². The van der Waals surface area contributed by atoms with Gasteiger partial charge in [-0.15, -0.1) is 0 Å². The zero-order valence-electron chi connectivity index (χ0n) is 13.2. The van der Waals surface area contributed by atoms with Crippen LogP contribution in [0.4, 0.5) is 5.69 Å². The number of para-hydroxylation sites is 1. The van der Waals surface area contributed by atoms with Crippen LogP contribution >= 0.6 is 0 Å². The van der Waals surface area contributed by atoms with Gasteiger partial charge in [0.1, 0.15) is 5.92 Å². The first-order valence-corrected chi connectivity index (χ1v) is 7.45. The molecule has 1 aromatic carbocycles. The number of methoxy groups -OCH3 is 1. The molecule has 1 fully saturated rings. The summed E-state index contributed by atoms with van der Waals surface area (Å²) in [6.07, 6.45) is 2.76. The SMILES string of the molecule is COC(=O)c1ccccc1NC(=O)C1C(C(=O)O)C2C=CC1(C)O2. The van der Waals surface area contributed by atoms with Gasteiger partial charge in [0.15, 0.2) is 0 Å². The van der Waals surface area contributed by atoms with Gasteiger partial charge in [-0.1, -0.05) is 24.3 Å². The first-order chi connectivity index (χ1) is 11.4. The Labute approximate surface area is 138 Å². The van der Waals surface area contributed by atoms with Crippen LogP contribution in [0.2, 0.25) is 0 Å². The number of aliphatic carboxylic acids is 1. The molecule has 2 aliphatic heterocycles. The Morgan fingerprint density at radius 1 is 1.29 bits per heavy atom. The summed E-state index contributed by atoms with van der Waals surface area (Å²) in [4.78, 5) is 36.1. The van der Waals surface area contributed by atoms with Crippen molar-refractivity contribution in [3.8, 4) is 0 Å². The van der Waals surface area contributed by atoms with Crippen molar-refractivity contribution in [2.75, 3.05) is 12.4 Å². The number of carboxylic acid groups (broad SMARTS) is 1. The average molecular weight is 331 g/mol. The van der Waals surface area contributed by atoms with Crippen LogP contribution < -0.4 is 5.32 Å². The lowest BCUT2D eigenvalue weighted by atomic mass is 9.75. The van der Waals surface area contributed by atoms with Crippen LogP contribution in [0.25, 0.3) is 0 Å². The molecule has 1 amide bonds. The highest BCUT2D eigenvalue weighted by Crippen LogP contribution is 2.47. The normalized spacial score (nSPS) is 30.2. The Hall–Kier alpha value is -2.67. The fourth-order valence-electron chi connectivity index (χ4n) is 3.37. The van der Waals surface area contributed by atoms with Crippen molar-refractivity contribution in [1.82, 2.24) is 0 Å².